The third kappa shape index (κ3) is 4.63. The highest BCUT2D eigenvalue weighted by Gasteiger charge is 2.35. The number of fused-ring (bicyclic) bond motifs is 1. The second-order valence-corrected chi connectivity index (χ2v) is 7.85. The van der Waals surface area contributed by atoms with Crippen LogP contribution in [-0.2, 0) is 4.79 Å². The number of nitrogens with zero attached hydrogens (tertiary/aromatic N) is 4. The molecule has 0 aromatic carbocycles. The van der Waals surface area contributed by atoms with E-state index in [4.69, 9.17) is 11.5 Å². The van der Waals surface area contributed by atoms with Crippen molar-refractivity contribution in [2.24, 2.45) is 11.5 Å². The van der Waals surface area contributed by atoms with Gasteiger partial charge in [0.15, 0.2) is 5.82 Å². The number of nitrogens with two attached hydrogens (primary N) is 2. The van der Waals surface area contributed by atoms with E-state index in [9.17, 15) is 9.90 Å². The molecule has 0 saturated carbocycles. The highest BCUT2D eigenvalue weighted by Crippen LogP contribution is 2.28. The number of hydrogen-bond acceptors (Lipinski definition) is 6. The van der Waals surface area contributed by atoms with Crippen molar-refractivity contribution in [1.29, 1.82) is 0 Å². The van der Waals surface area contributed by atoms with Gasteiger partial charge < -0.3 is 30.8 Å². The third-order valence-electron chi connectivity index (χ3n) is 5.62. The zero-order valence-electron chi connectivity index (χ0n) is 16.6. The lowest BCUT2D eigenvalue weighted by molar-refractivity contribution is -0.135. The van der Waals surface area contributed by atoms with Crippen LogP contribution in [0.15, 0.2) is 30.7 Å². The summed E-state index contributed by atoms with van der Waals surface area (Å²) in [7, 11) is 1.72. The summed E-state index contributed by atoms with van der Waals surface area (Å²) in [4.78, 5) is 20.8. The number of carbonyl (C=O) groups excluding carboxylic acids is 1. The fourth-order valence-corrected chi connectivity index (χ4v) is 3.93. The van der Waals surface area contributed by atoms with E-state index in [2.05, 4.69) is 9.88 Å². The van der Waals surface area contributed by atoms with Crippen LogP contribution in [-0.4, -0.2) is 70.2 Å². The Morgan fingerprint density at radius 1 is 1.36 bits per heavy atom. The highest BCUT2D eigenvalue weighted by molar-refractivity contribution is 5.81. The van der Waals surface area contributed by atoms with Crippen molar-refractivity contribution in [3.8, 4) is 0 Å². The first kappa shape index (κ1) is 20.6. The molecule has 3 rings (SSSR count). The lowest BCUT2D eigenvalue weighted by atomic mass is 9.90. The van der Waals surface area contributed by atoms with E-state index in [-0.39, 0.29) is 5.91 Å². The zero-order chi connectivity index (χ0) is 20.1. The average Bonchev–Trinajstić information content (AvgIpc) is 3.17. The summed E-state index contributed by atoms with van der Waals surface area (Å²) in [5.41, 5.74) is 11.7. The number of aliphatic hydroxyl groups is 1. The van der Waals surface area contributed by atoms with Gasteiger partial charge in [-0.15, -0.1) is 0 Å². The van der Waals surface area contributed by atoms with Crippen LogP contribution in [0.2, 0.25) is 0 Å². The normalized spacial score (nSPS) is 17.6. The van der Waals surface area contributed by atoms with Crippen molar-refractivity contribution in [3.63, 3.8) is 0 Å². The van der Waals surface area contributed by atoms with Crippen molar-refractivity contribution in [2.75, 3.05) is 38.1 Å². The summed E-state index contributed by atoms with van der Waals surface area (Å²) in [5.74, 6) is 0.813. The van der Waals surface area contributed by atoms with Crippen LogP contribution in [0.5, 0.6) is 0 Å². The molecule has 8 heteroatoms. The van der Waals surface area contributed by atoms with E-state index in [1.54, 1.807) is 18.1 Å². The predicted octanol–water partition coefficient (Wildman–Crippen LogP) is 0.580. The molecule has 1 aliphatic heterocycles. The third-order valence-corrected chi connectivity index (χ3v) is 5.62. The first-order valence-electron chi connectivity index (χ1n) is 10.0. The molecule has 3 heterocycles. The first-order valence-corrected chi connectivity index (χ1v) is 10.0. The number of aromatic nitrogens is 2. The van der Waals surface area contributed by atoms with Crippen molar-refractivity contribution in [2.45, 2.75) is 43.7 Å². The van der Waals surface area contributed by atoms with E-state index in [0.29, 0.717) is 45.4 Å². The molecule has 1 fully saturated rings. The summed E-state index contributed by atoms with van der Waals surface area (Å²) in [6.07, 6.45) is 9.21. The minimum Gasteiger partial charge on any atom is -0.388 e. The molecule has 5 N–H and O–H groups in total. The van der Waals surface area contributed by atoms with Gasteiger partial charge in [0, 0.05) is 45.3 Å². The quantitative estimate of drug-likeness (QED) is 0.570. The van der Waals surface area contributed by atoms with Gasteiger partial charge in [-0.05, 0) is 44.4 Å². The summed E-state index contributed by atoms with van der Waals surface area (Å²) < 4.78 is 2.04. The number of amides is 1. The maximum Gasteiger partial charge on any atom is 0.239 e. The van der Waals surface area contributed by atoms with Gasteiger partial charge in [-0.25, -0.2) is 4.98 Å². The van der Waals surface area contributed by atoms with Gasteiger partial charge in [0.25, 0.3) is 0 Å². The molecule has 154 valence electrons. The Balaban J connectivity index is 1.55. The molecular weight excluding hydrogens is 356 g/mol. The van der Waals surface area contributed by atoms with Gasteiger partial charge in [-0.2, -0.15) is 0 Å². The number of piperidine rings is 1. The minimum absolute atomic E-state index is 0.118. The minimum atomic E-state index is -0.898. The zero-order valence-corrected chi connectivity index (χ0v) is 16.6. The van der Waals surface area contributed by atoms with Gasteiger partial charge >= 0.3 is 0 Å². The molecule has 1 atom stereocenters. The number of hydrogen-bond donors (Lipinski definition) is 3. The predicted molar refractivity (Wildman–Crippen MR) is 110 cm³/mol. The maximum absolute atomic E-state index is 12.5. The number of unbranched alkanes of at least 4 members (excludes halogenated alkanes) is 1. The summed E-state index contributed by atoms with van der Waals surface area (Å²) in [5, 5.41) is 11.0. The van der Waals surface area contributed by atoms with Crippen molar-refractivity contribution < 1.29 is 9.90 Å². The molecule has 8 nitrogen and oxygen atoms in total. The molecule has 2 aromatic heterocycles. The Labute approximate surface area is 166 Å². The summed E-state index contributed by atoms with van der Waals surface area (Å²) in [6.45, 7) is 2.30. The first-order chi connectivity index (χ1) is 13.4. The standard InChI is InChI=1S/C20H32N6O2/c1-24(19(27)16(22)5-2-3-9-21)15-20(28)7-12-26(13-8-20)18-17-6-4-11-25(17)14-10-23-18/h4,6,10-11,14,16,28H,2-3,5,7-9,12-13,15,21-22H2,1H3/t16-/m0/s1. The topological polar surface area (TPSA) is 113 Å². The van der Waals surface area contributed by atoms with Crippen LogP contribution >= 0.6 is 0 Å². The van der Waals surface area contributed by atoms with E-state index in [1.807, 2.05) is 28.9 Å². The maximum atomic E-state index is 12.5. The molecular formula is C20H32N6O2. The van der Waals surface area contributed by atoms with E-state index >= 15 is 0 Å². The lowest BCUT2D eigenvalue weighted by Gasteiger charge is -2.41. The molecule has 0 spiro atoms. The Kier molecular flexibility index (Phi) is 6.53. The molecule has 0 unspecified atom stereocenters. The number of rotatable bonds is 8. The number of carbonyl (C=O) groups is 1. The molecule has 0 aliphatic carbocycles. The fraction of sp³-hybridized carbons (Fsp3) is 0.600. The number of anilines is 1. The van der Waals surface area contributed by atoms with E-state index in [0.717, 1.165) is 24.2 Å². The average molecular weight is 389 g/mol. The van der Waals surface area contributed by atoms with Crippen LogP contribution in [0, 0.1) is 0 Å². The highest BCUT2D eigenvalue weighted by atomic mass is 16.3. The summed E-state index contributed by atoms with van der Waals surface area (Å²) in [6, 6.07) is 3.51. The smallest absolute Gasteiger partial charge is 0.239 e. The van der Waals surface area contributed by atoms with Crippen LogP contribution < -0.4 is 16.4 Å². The number of likely N-dealkylation sites (N-methyl/N-ethyl adjacent to an activating group) is 1. The molecule has 2 aromatic rings. The molecule has 0 radical (unpaired) electrons. The molecule has 1 aliphatic rings. The van der Waals surface area contributed by atoms with Gasteiger partial charge in [0.2, 0.25) is 5.91 Å². The Bertz CT molecular complexity index is 784. The second kappa shape index (κ2) is 8.89. The monoisotopic (exact) mass is 388 g/mol. The van der Waals surface area contributed by atoms with Crippen LogP contribution in [0.1, 0.15) is 32.1 Å². The Morgan fingerprint density at radius 2 is 2.11 bits per heavy atom. The fourth-order valence-electron chi connectivity index (χ4n) is 3.93. The Hall–Kier alpha value is -2.16. The van der Waals surface area contributed by atoms with Gasteiger partial charge in [0.1, 0.15) is 0 Å². The Morgan fingerprint density at radius 3 is 2.82 bits per heavy atom. The van der Waals surface area contributed by atoms with E-state index < -0.39 is 11.6 Å². The SMILES string of the molecule is CN(CC1(O)CCN(c2nccn3cccc23)CC1)C(=O)[C@@H](N)CCCCN. The van der Waals surface area contributed by atoms with Crippen molar-refractivity contribution >= 4 is 17.2 Å². The molecule has 1 saturated heterocycles. The van der Waals surface area contributed by atoms with Gasteiger partial charge in [0.05, 0.1) is 17.2 Å². The van der Waals surface area contributed by atoms with Gasteiger partial charge in [-0.3, -0.25) is 4.79 Å². The summed E-state index contributed by atoms with van der Waals surface area (Å²) >= 11 is 0. The molecule has 0 bridgehead atoms. The van der Waals surface area contributed by atoms with E-state index in [1.165, 1.54) is 0 Å². The van der Waals surface area contributed by atoms with Crippen molar-refractivity contribution in [1.82, 2.24) is 14.3 Å². The van der Waals surface area contributed by atoms with Crippen LogP contribution in [0.25, 0.3) is 5.52 Å². The van der Waals surface area contributed by atoms with Crippen LogP contribution in [0.4, 0.5) is 5.82 Å². The van der Waals surface area contributed by atoms with Crippen LogP contribution in [0.3, 0.4) is 0 Å². The van der Waals surface area contributed by atoms with Gasteiger partial charge in [-0.1, -0.05) is 6.42 Å². The lowest BCUT2D eigenvalue weighted by Crippen LogP contribution is -2.53. The van der Waals surface area contributed by atoms with Crippen molar-refractivity contribution in [3.05, 3.63) is 30.7 Å². The largest absolute Gasteiger partial charge is 0.388 e. The molecule has 28 heavy (non-hydrogen) atoms. The molecule has 1 amide bonds. The second-order valence-electron chi connectivity index (χ2n) is 7.85.